The molecule has 1 aromatic rings. The molecule has 1 amide bonds. The van der Waals surface area contributed by atoms with E-state index >= 15 is 0 Å². The number of carbonyl (C=O) groups is 1. The Hall–Kier alpha value is -0.580. The lowest BCUT2D eigenvalue weighted by molar-refractivity contribution is 0.0761. The van der Waals surface area contributed by atoms with Crippen molar-refractivity contribution in [2.45, 2.75) is 19.3 Å². The van der Waals surface area contributed by atoms with Gasteiger partial charge in [-0.2, -0.15) is 0 Å². The number of nitrogens with zero attached hydrogens (tertiary/aromatic N) is 1. The third kappa shape index (κ3) is 3.02. The zero-order chi connectivity index (χ0) is 13.3. The van der Waals surface area contributed by atoms with E-state index < -0.39 is 0 Å². The van der Waals surface area contributed by atoms with Gasteiger partial charge in [-0.25, -0.2) is 0 Å². The van der Waals surface area contributed by atoms with Gasteiger partial charge in [0.1, 0.15) is 0 Å². The Morgan fingerprint density at radius 1 is 1.20 bits per heavy atom. The minimum Gasteiger partial charge on any atom is -0.338 e. The van der Waals surface area contributed by atoms with Crippen LogP contribution in [0.3, 0.4) is 0 Å². The van der Waals surface area contributed by atoms with Crippen molar-refractivity contribution in [1.29, 1.82) is 0 Å². The Kier molecular flexibility index (Phi) is 5.10. The smallest absolute Gasteiger partial charge is 0.255 e. The number of benzene rings is 1. The summed E-state index contributed by atoms with van der Waals surface area (Å²) in [7, 11) is 0. The van der Waals surface area contributed by atoms with Gasteiger partial charge < -0.3 is 10.2 Å². The van der Waals surface area contributed by atoms with E-state index in [2.05, 4.69) is 21.2 Å². The lowest BCUT2D eigenvalue weighted by Crippen LogP contribution is -2.39. The molecule has 2 fully saturated rings. The molecule has 0 aromatic heterocycles. The van der Waals surface area contributed by atoms with Gasteiger partial charge in [-0.3, -0.25) is 4.79 Å². The normalized spacial score (nSPS) is 20.8. The molecule has 1 spiro atoms. The van der Waals surface area contributed by atoms with E-state index in [9.17, 15) is 4.79 Å². The van der Waals surface area contributed by atoms with Gasteiger partial charge in [0.15, 0.2) is 0 Å². The van der Waals surface area contributed by atoms with Gasteiger partial charge >= 0.3 is 0 Å². The Balaban J connectivity index is 0.00000147. The number of likely N-dealkylation sites (tertiary alicyclic amines) is 1. The summed E-state index contributed by atoms with van der Waals surface area (Å²) in [5.74, 6) is 0.169. The van der Waals surface area contributed by atoms with E-state index in [1.807, 2.05) is 29.2 Å². The van der Waals surface area contributed by atoms with Crippen LogP contribution >= 0.6 is 28.3 Å². The average Bonchev–Trinajstić information content (AvgIpc) is 2.83. The summed E-state index contributed by atoms with van der Waals surface area (Å²) in [4.78, 5) is 14.6. The van der Waals surface area contributed by atoms with Gasteiger partial charge in [0.05, 0.1) is 5.56 Å². The van der Waals surface area contributed by atoms with E-state index in [0.717, 1.165) is 42.6 Å². The highest BCUT2D eigenvalue weighted by Crippen LogP contribution is 2.39. The zero-order valence-electron chi connectivity index (χ0n) is 11.4. The molecule has 5 heteroatoms. The number of rotatable bonds is 1. The highest BCUT2D eigenvalue weighted by Gasteiger charge is 2.40. The van der Waals surface area contributed by atoms with Crippen LogP contribution in [0.4, 0.5) is 0 Å². The van der Waals surface area contributed by atoms with Gasteiger partial charge in [0.2, 0.25) is 0 Å². The molecule has 2 aliphatic heterocycles. The molecule has 0 aliphatic carbocycles. The quantitative estimate of drug-likeness (QED) is 0.836. The van der Waals surface area contributed by atoms with Crippen LogP contribution in [0.25, 0.3) is 0 Å². The van der Waals surface area contributed by atoms with E-state index in [-0.39, 0.29) is 18.3 Å². The maximum absolute atomic E-state index is 12.6. The second-order valence-corrected chi connectivity index (χ2v) is 6.56. The summed E-state index contributed by atoms with van der Waals surface area (Å²) in [5, 5.41) is 3.41. The molecule has 1 aromatic carbocycles. The van der Waals surface area contributed by atoms with Crippen LogP contribution in [0.2, 0.25) is 0 Å². The van der Waals surface area contributed by atoms with Gasteiger partial charge in [0.25, 0.3) is 5.91 Å². The first-order valence-corrected chi connectivity index (χ1v) is 7.74. The highest BCUT2D eigenvalue weighted by atomic mass is 79.9. The summed E-state index contributed by atoms with van der Waals surface area (Å²) >= 11 is 3.47. The molecule has 1 N–H and O–H groups in total. The molecule has 0 radical (unpaired) electrons. The minimum atomic E-state index is 0. The van der Waals surface area contributed by atoms with E-state index in [0.29, 0.717) is 5.41 Å². The fourth-order valence-corrected chi connectivity index (χ4v) is 3.73. The number of carbonyl (C=O) groups excluding carboxylic acids is 1. The van der Waals surface area contributed by atoms with Crippen molar-refractivity contribution in [1.82, 2.24) is 10.2 Å². The average molecular weight is 360 g/mol. The molecule has 110 valence electrons. The first-order valence-electron chi connectivity index (χ1n) is 6.95. The Labute approximate surface area is 134 Å². The molecule has 0 atom stereocenters. The van der Waals surface area contributed by atoms with Crippen molar-refractivity contribution < 1.29 is 4.79 Å². The van der Waals surface area contributed by atoms with Crippen molar-refractivity contribution in [3.63, 3.8) is 0 Å². The van der Waals surface area contributed by atoms with Crippen molar-refractivity contribution in [2.24, 2.45) is 5.41 Å². The first kappa shape index (κ1) is 15.8. The number of nitrogens with one attached hydrogen (secondary N) is 1. The first-order chi connectivity index (χ1) is 9.20. The lowest BCUT2D eigenvalue weighted by atomic mass is 9.78. The molecule has 2 heterocycles. The zero-order valence-corrected chi connectivity index (χ0v) is 13.8. The number of hydrogen-bond donors (Lipinski definition) is 1. The number of hydrogen-bond acceptors (Lipinski definition) is 2. The summed E-state index contributed by atoms with van der Waals surface area (Å²) in [6.45, 7) is 4.02. The van der Waals surface area contributed by atoms with Crippen molar-refractivity contribution in [2.75, 3.05) is 26.2 Å². The maximum Gasteiger partial charge on any atom is 0.255 e. The molecule has 2 aliphatic rings. The Bertz CT molecular complexity index is 489. The van der Waals surface area contributed by atoms with Crippen LogP contribution in [-0.2, 0) is 0 Å². The fourth-order valence-electron chi connectivity index (χ4n) is 3.28. The number of piperidine rings is 1. The van der Waals surface area contributed by atoms with Crippen LogP contribution in [0.15, 0.2) is 28.7 Å². The molecule has 3 rings (SSSR count). The summed E-state index contributed by atoms with van der Waals surface area (Å²) in [6, 6.07) is 7.71. The van der Waals surface area contributed by atoms with Crippen LogP contribution in [0, 0.1) is 5.41 Å². The predicted octanol–water partition coefficient (Wildman–Crippen LogP) is 3.09. The predicted molar refractivity (Wildman–Crippen MR) is 86.4 cm³/mol. The van der Waals surface area contributed by atoms with Crippen molar-refractivity contribution >= 4 is 34.2 Å². The van der Waals surface area contributed by atoms with Crippen LogP contribution in [0.1, 0.15) is 29.6 Å². The Morgan fingerprint density at radius 3 is 2.60 bits per heavy atom. The molecular formula is C15H20BrClN2O. The van der Waals surface area contributed by atoms with Gasteiger partial charge in [0, 0.05) is 17.6 Å². The van der Waals surface area contributed by atoms with E-state index in [1.54, 1.807) is 0 Å². The summed E-state index contributed by atoms with van der Waals surface area (Å²) < 4.78 is 0.895. The molecule has 0 unspecified atom stereocenters. The van der Waals surface area contributed by atoms with Crippen LogP contribution in [-0.4, -0.2) is 37.0 Å². The van der Waals surface area contributed by atoms with Gasteiger partial charge in [-0.05, 0) is 65.8 Å². The van der Waals surface area contributed by atoms with E-state index in [1.165, 1.54) is 12.8 Å². The monoisotopic (exact) mass is 358 g/mol. The van der Waals surface area contributed by atoms with Gasteiger partial charge in [-0.15, -0.1) is 12.4 Å². The van der Waals surface area contributed by atoms with Crippen LogP contribution < -0.4 is 5.32 Å². The molecular weight excluding hydrogens is 340 g/mol. The highest BCUT2D eigenvalue weighted by molar-refractivity contribution is 9.10. The lowest BCUT2D eigenvalue weighted by Gasteiger charge is -2.33. The second-order valence-electron chi connectivity index (χ2n) is 5.71. The van der Waals surface area contributed by atoms with Crippen LogP contribution in [0.5, 0.6) is 0 Å². The largest absolute Gasteiger partial charge is 0.338 e. The van der Waals surface area contributed by atoms with Gasteiger partial charge in [-0.1, -0.05) is 12.1 Å². The molecule has 0 bridgehead atoms. The van der Waals surface area contributed by atoms with Crippen molar-refractivity contribution in [3.05, 3.63) is 34.3 Å². The fraction of sp³-hybridized carbons (Fsp3) is 0.533. The topological polar surface area (TPSA) is 32.3 Å². The molecule has 20 heavy (non-hydrogen) atoms. The molecule has 3 nitrogen and oxygen atoms in total. The summed E-state index contributed by atoms with van der Waals surface area (Å²) in [6.07, 6.45) is 3.56. The Morgan fingerprint density at radius 2 is 1.90 bits per heavy atom. The summed E-state index contributed by atoms with van der Waals surface area (Å²) in [5.41, 5.74) is 1.16. The third-order valence-corrected chi connectivity index (χ3v) is 5.19. The number of amides is 1. The SMILES string of the molecule is Cl.O=C(c1ccccc1Br)N1CCC2(CCNCC2)C1. The third-order valence-electron chi connectivity index (χ3n) is 4.49. The number of halogens is 2. The van der Waals surface area contributed by atoms with E-state index in [4.69, 9.17) is 0 Å². The standard InChI is InChI=1S/C15H19BrN2O.ClH/c16-13-4-2-1-3-12(13)14(19)18-10-7-15(11-18)5-8-17-9-6-15;/h1-4,17H,5-11H2;1H. The molecule has 2 saturated heterocycles. The molecule has 0 saturated carbocycles. The second kappa shape index (κ2) is 6.46. The van der Waals surface area contributed by atoms with Crippen molar-refractivity contribution in [3.8, 4) is 0 Å². The maximum atomic E-state index is 12.6. The minimum absolute atomic E-state index is 0.